The predicted molar refractivity (Wildman–Crippen MR) is 73.9 cm³/mol. The molecule has 0 fully saturated rings. The zero-order valence-electron chi connectivity index (χ0n) is 10.6. The molecule has 100 valence electrons. The second-order valence-corrected chi connectivity index (χ2v) is 3.77. The number of hydrogen-bond acceptors (Lipinski definition) is 6. The fraction of sp³-hybridized carbons (Fsp3) is 0.231. The van der Waals surface area contributed by atoms with Crippen LogP contribution in [0.3, 0.4) is 0 Å². The van der Waals surface area contributed by atoms with Crippen molar-refractivity contribution in [1.82, 2.24) is 9.97 Å². The smallest absolute Gasteiger partial charge is 0.224 e. The molecule has 0 spiro atoms. The van der Waals surface area contributed by atoms with Crippen LogP contribution >= 0.6 is 0 Å². The number of aliphatic hydroxyl groups is 1. The van der Waals surface area contributed by atoms with Gasteiger partial charge in [-0.25, -0.2) is 4.98 Å². The van der Waals surface area contributed by atoms with Gasteiger partial charge in [-0.15, -0.1) is 0 Å². The Kier molecular flexibility index (Phi) is 4.52. The molecule has 3 N–H and O–H groups in total. The number of methoxy groups -OCH3 is 1. The molecule has 19 heavy (non-hydrogen) atoms. The highest BCUT2D eigenvalue weighted by molar-refractivity contribution is 5.57. The normalized spacial score (nSPS) is 10.0. The van der Waals surface area contributed by atoms with Crippen molar-refractivity contribution < 1.29 is 9.84 Å². The van der Waals surface area contributed by atoms with E-state index in [0.717, 1.165) is 11.4 Å². The number of aromatic nitrogens is 2. The largest absolute Gasteiger partial charge is 0.497 e. The molecule has 0 bridgehead atoms. The molecule has 0 saturated carbocycles. The fourth-order valence-electron chi connectivity index (χ4n) is 1.50. The van der Waals surface area contributed by atoms with Gasteiger partial charge in [0.2, 0.25) is 5.95 Å². The van der Waals surface area contributed by atoms with Gasteiger partial charge in [0, 0.05) is 18.4 Å². The summed E-state index contributed by atoms with van der Waals surface area (Å²) in [6, 6.07) is 9.32. The highest BCUT2D eigenvalue weighted by atomic mass is 16.5. The van der Waals surface area contributed by atoms with E-state index in [0.29, 0.717) is 18.3 Å². The molecule has 0 aliphatic heterocycles. The van der Waals surface area contributed by atoms with Gasteiger partial charge in [-0.3, -0.25) is 0 Å². The summed E-state index contributed by atoms with van der Waals surface area (Å²) in [6.07, 6.45) is 1.65. The number of nitrogens with one attached hydrogen (secondary N) is 2. The van der Waals surface area contributed by atoms with Crippen molar-refractivity contribution >= 4 is 17.5 Å². The molecule has 0 saturated heterocycles. The van der Waals surface area contributed by atoms with E-state index in [4.69, 9.17) is 9.84 Å². The Morgan fingerprint density at radius 2 is 2.00 bits per heavy atom. The molecule has 0 atom stereocenters. The number of anilines is 3. The summed E-state index contributed by atoms with van der Waals surface area (Å²) in [5.41, 5.74) is 0.910. The summed E-state index contributed by atoms with van der Waals surface area (Å²) in [5.74, 6) is 1.96. The molecule has 1 aromatic heterocycles. The SMILES string of the molecule is COc1ccc(Nc2ccnc(NCCO)n2)cc1. The Balaban J connectivity index is 2.05. The first-order valence-electron chi connectivity index (χ1n) is 5.90. The van der Waals surface area contributed by atoms with E-state index in [9.17, 15) is 0 Å². The number of rotatable bonds is 6. The predicted octanol–water partition coefficient (Wildman–Crippen LogP) is 1.63. The average Bonchev–Trinajstić information content (AvgIpc) is 2.46. The lowest BCUT2D eigenvalue weighted by Crippen LogP contribution is -2.09. The Hall–Kier alpha value is -2.34. The Morgan fingerprint density at radius 3 is 2.68 bits per heavy atom. The molecule has 1 aromatic carbocycles. The third kappa shape index (κ3) is 3.82. The van der Waals surface area contributed by atoms with Gasteiger partial charge in [-0.1, -0.05) is 0 Å². The summed E-state index contributed by atoms with van der Waals surface area (Å²) < 4.78 is 5.10. The summed E-state index contributed by atoms with van der Waals surface area (Å²) in [7, 11) is 1.63. The molecule has 0 radical (unpaired) electrons. The highest BCUT2D eigenvalue weighted by Gasteiger charge is 1.99. The first-order chi connectivity index (χ1) is 9.31. The van der Waals surface area contributed by atoms with Crippen molar-refractivity contribution in [2.45, 2.75) is 0 Å². The van der Waals surface area contributed by atoms with Gasteiger partial charge in [-0.05, 0) is 30.3 Å². The van der Waals surface area contributed by atoms with E-state index in [2.05, 4.69) is 20.6 Å². The number of ether oxygens (including phenoxy) is 1. The lowest BCUT2D eigenvalue weighted by atomic mass is 10.3. The maximum absolute atomic E-state index is 8.74. The zero-order chi connectivity index (χ0) is 13.5. The van der Waals surface area contributed by atoms with Crippen molar-refractivity contribution in [3.05, 3.63) is 36.5 Å². The zero-order valence-corrected chi connectivity index (χ0v) is 10.6. The Bertz CT molecular complexity index is 516. The quantitative estimate of drug-likeness (QED) is 0.732. The van der Waals surface area contributed by atoms with E-state index in [1.807, 2.05) is 24.3 Å². The van der Waals surface area contributed by atoms with E-state index in [-0.39, 0.29) is 6.61 Å². The number of hydrogen-bond donors (Lipinski definition) is 3. The average molecular weight is 260 g/mol. The van der Waals surface area contributed by atoms with Crippen molar-refractivity contribution in [3.8, 4) is 5.75 Å². The third-order valence-corrected chi connectivity index (χ3v) is 2.41. The molecule has 0 amide bonds. The van der Waals surface area contributed by atoms with Crippen LogP contribution in [0.1, 0.15) is 0 Å². The van der Waals surface area contributed by atoms with E-state index in [1.54, 1.807) is 19.4 Å². The standard InChI is InChI=1S/C13H16N4O2/c1-19-11-4-2-10(3-5-11)16-12-6-7-14-13(17-12)15-8-9-18/h2-7,18H,8-9H2,1H3,(H2,14,15,16,17). The van der Waals surface area contributed by atoms with Crippen LogP contribution in [0.15, 0.2) is 36.5 Å². The molecule has 2 aromatic rings. The second kappa shape index (κ2) is 6.55. The van der Waals surface area contributed by atoms with Crippen molar-refractivity contribution in [2.24, 2.45) is 0 Å². The van der Waals surface area contributed by atoms with Crippen LogP contribution in [0.4, 0.5) is 17.5 Å². The van der Waals surface area contributed by atoms with Crippen LogP contribution < -0.4 is 15.4 Å². The van der Waals surface area contributed by atoms with Crippen LogP contribution in [-0.4, -0.2) is 35.3 Å². The molecule has 6 heteroatoms. The van der Waals surface area contributed by atoms with E-state index < -0.39 is 0 Å². The van der Waals surface area contributed by atoms with E-state index >= 15 is 0 Å². The molecule has 0 aliphatic rings. The molecule has 6 nitrogen and oxygen atoms in total. The van der Waals surface area contributed by atoms with E-state index in [1.165, 1.54) is 0 Å². The Morgan fingerprint density at radius 1 is 1.21 bits per heavy atom. The van der Waals surface area contributed by atoms with Gasteiger partial charge >= 0.3 is 0 Å². The second-order valence-electron chi connectivity index (χ2n) is 3.77. The van der Waals surface area contributed by atoms with Crippen molar-refractivity contribution in [1.29, 1.82) is 0 Å². The number of benzene rings is 1. The summed E-state index contributed by atoms with van der Waals surface area (Å²) >= 11 is 0. The first-order valence-corrected chi connectivity index (χ1v) is 5.90. The summed E-state index contributed by atoms with van der Waals surface area (Å²) in [5, 5.41) is 14.8. The van der Waals surface area contributed by atoms with Gasteiger partial charge in [0.25, 0.3) is 0 Å². The summed E-state index contributed by atoms with van der Waals surface area (Å²) in [4.78, 5) is 8.33. The number of aliphatic hydroxyl groups excluding tert-OH is 1. The van der Waals surface area contributed by atoms with Crippen LogP contribution in [0.2, 0.25) is 0 Å². The molecular weight excluding hydrogens is 244 g/mol. The fourth-order valence-corrected chi connectivity index (χ4v) is 1.50. The molecule has 0 unspecified atom stereocenters. The third-order valence-electron chi connectivity index (χ3n) is 2.41. The van der Waals surface area contributed by atoms with Crippen molar-refractivity contribution in [2.75, 3.05) is 30.9 Å². The van der Waals surface area contributed by atoms with Crippen LogP contribution in [0.25, 0.3) is 0 Å². The van der Waals surface area contributed by atoms with Crippen LogP contribution in [0.5, 0.6) is 5.75 Å². The molecule has 1 heterocycles. The minimum atomic E-state index is 0.0412. The molecule has 2 rings (SSSR count). The van der Waals surface area contributed by atoms with Gasteiger partial charge in [0.15, 0.2) is 0 Å². The van der Waals surface area contributed by atoms with Crippen LogP contribution in [0, 0.1) is 0 Å². The minimum absolute atomic E-state index is 0.0412. The Labute approximate surface area is 111 Å². The van der Waals surface area contributed by atoms with Crippen molar-refractivity contribution in [3.63, 3.8) is 0 Å². The topological polar surface area (TPSA) is 79.3 Å². The van der Waals surface area contributed by atoms with Gasteiger partial charge in [-0.2, -0.15) is 4.98 Å². The molecule has 0 aliphatic carbocycles. The van der Waals surface area contributed by atoms with Crippen LogP contribution in [-0.2, 0) is 0 Å². The van der Waals surface area contributed by atoms with Gasteiger partial charge < -0.3 is 20.5 Å². The summed E-state index contributed by atoms with van der Waals surface area (Å²) in [6.45, 7) is 0.464. The molecular formula is C13H16N4O2. The monoisotopic (exact) mass is 260 g/mol. The van der Waals surface area contributed by atoms with Gasteiger partial charge in [0.05, 0.1) is 13.7 Å². The number of nitrogens with zero attached hydrogens (tertiary/aromatic N) is 2. The lowest BCUT2D eigenvalue weighted by Gasteiger charge is -2.08. The highest BCUT2D eigenvalue weighted by Crippen LogP contribution is 2.18. The minimum Gasteiger partial charge on any atom is -0.497 e. The van der Waals surface area contributed by atoms with Gasteiger partial charge in [0.1, 0.15) is 11.6 Å². The maximum atomic E-state index is 8.74. The first kappa shape index (κ1) is 13.1. The lowest BCUT2D eigenvalue weighted by molar-refractivity contribution is 0.311. The maximum Gasteiger partial charge on any atom is 0.224 e.